The topological polar surface area (TPSA) is 20.3 Å². The number of nitrogens with zero attached hydrogens (tertiary/aromatic N) is 1. The van der Waals surface area contributed by atoms with Crippen LogP contribution < -0.4 is 0 Å². The minimum Gasteiger partial charge on any atom is -0.323 e. The summed E-state index contributed by atoms with van der Waals surface area (Å²) in [7, 11) is 1.76. The summed E-state index contributed by atoms with van der Waals surface area (Å²) in [6, 6.07) is 0. The molecular weight excluding hydrogens is 150 g/mol. The minimum absolute atomic E-state index is 0.0763. The van der Waals surface area contributed by atoms with Crippen molar-refractivity contribution in [3.8, 4) is 0 Å². The average molecular weight is 171 g/mol. The van der Waals surface area contributed by atoms with E-state index in [4.69, 9.17) is 0 Å². The number of carbonyl (C=O) groups excluding carboxylic acids is 1. The highest BCUT2D eigenvalue weighted by Gasteiger charge is 1.93. The Bertz CT molecular complexity index is 130. The summed E-state index contributed by atoms with van der Waals surface area (Å²) < 4.78 is 0. The zero-order valence-corrected chi connectivity index (χ0v) is 8.92. The summed E-state index contributed by atoms with van der Waals surface area (Å²) in [6.07, 6.45) is 5.98. The van der Waals surface area contributed by atoms with Gasteiger partial charge in [0.15, 0.2) is 0 Å². The molecule has 0 saturated heterocycles. The van der Waals surface area contributed by atoms with Crippen molar-refractivity contribution in [3.63, 3.8) is 0 Å². The molecule has 2 nitrogen and oxygen atoms in total. The summed E-state index contributed by atoms with van der Waals surface area (Å²) >= 11 is 0. The molecule has 0 aliphatic heterocycles. The molecular formula is C10H21NO. The molecule has 0 aliphatic rings. The Morgan fingerprint density at radius 2 is 1.92 bits per heavy atom. The highest BCUT2D eigenvalue weighted by Crippen LogP contribution is 1.91. The Morgan fingerprint density at radius 3 is 2.25 bits per heavy atom. The maximum atomic E-state index is 10.6. The maximum absolute atomic E-state index is 10.6. The first-order valence-electron chi connectivity index (χ1n) is 4.58. The van der Waals surface area contributed by atoms with Gasteiger partial charge in [0.2, 0.25) is 5.91 Å². The van der Waals surface area contributed by atoms with Crippen LogP contribution in [0.5, 0.6) is 0 Å². The predicted octanol–water partition coefficient (Wildman–Crippen LogP) is 2.80. The molecule has 0 atom stereocenters. The molecule has 0 aromatic heterocycles. The third-order valence-corrected chi connectivity index (χ3v) is 1.28. The van der Waals surface area contributed by atoms with Gasteiger partial charge in [0.25, 0.3) is 0 Å². The van der Waals surface area contributed by atoms with E-state index in [-0.39, 0.29) is 5.91 Å². The van der Waals surface area contributed by atoms with Gasteiger partial charge in [-0.3, -0.25) is 4.79 Å². The van der Waals surface area contributed by atoms with Crippen LogP contribution in [0.3, 0.4) is 0 Å². The summed E-state index contributed by atoms with van der Waals surface area (Å²) in [5, 5.41) is 0. The van der Waals surface area contributed by atoms with E-state index in [0.29, 0.717) is 0 Å². The molecule has 12 heavy (non-hydrogen) atoms. The molecule has 0 saturated carbocycles. The van der Waals surface area contributed by atoms with Crippen LogP contribution in [0.4, 0.5) is 0 Å². The molecule has 1 amide bonds. The second-order valence-electron chi connectivity index (χ2n) is 2.30. The Morgan fingerprint density at radius 1 is 1.42 bits per heavy atom. The Labute approximate surface area is 76.3 Å². The predicted molar refractivity (Wildman–Crippen MR) is 53.8 cm³/mol. The lowest BCUT2D eigenvalue weighted by atomic mass is 10.3. The Kier molecular flexibility index (Phi) is 11.7. The van der Waals surface area contributed by atoms with Gasteiger partial charge in [-0.05, 0) is 6.42 Å². The van der Waals surface area contributed by atoms with Crippen molar-refractivity contribution in [1.82, 2.24) is 4.90 Å². The molecule has 0 spiro atoms. The summed E-state index contributed by atoms with van der Waals surface area (Å²) in [5.74, 6) is 0.0763. The molecule has 0 radical (unpaired) electrons. The molecule has 0 N–H and O–H groups in total. The van der Waals surface area contributed by atoms with Gasteiger partial charge in [-0.25, -0.2) is 0 Å². The molecule has 0 unspecified atom stereocenters. The number of rotatable bonds is 3. The third kappa shape index (κ3) is 9.21. The molecule has 0 rings (SSSR count). The van der Waals surface area contributed by atoms with Crippen molar-refractivity contribution in [2.75, 3.05) is 7.05 Å². The van der Waals surface area contributed by atoms with Crippen LogP contribution in [0, 0.1) is 0 Å². The maximum Gasteiger partial charge on any atom is 0.223 e. The van der Waals surface area contributed by atoms with Crippen LogP contribution in [0.15, 0.2) is 12.3 Å². The van der Waals surface area contributed by atoms with E-state index in [1.54, 1.807) is 18.9 Å². The zero-order valence-electron chi connectivity index (χ0n) is 8.92. The Balaban J connectivity index is 0. The van der Waals surface area contributed by atoms with Crippen LogP contribution >= 0.6 is 0 Å². The van der Waals surface area contributed by atoms with Gasteiger partial charge in [-0.2, -0.15) is 0 Å². The first-order chi connectivity index (χ1) is 5.68. The van der Waals surface area contributed by atoms with Crippen molar-refractivity contribution >= 4 is 5.91 Å². The van der Waals surface area contributed by atoms with E-state index in [1.165, 1.54) is 0 Å². The monoisotopic (exact) mass is 171 g/mol. The van der Waals surface area contributed by atoms with Crippen LogP contribution in [0.1, 0.15) is 40.5 Å². The van der Waals surface area contributed by atoms with Gasteiger partial charge in [0.1, 0.15) is 0 Å². The van der Waals surface area contributed by atoms with Crippen LogP contribution in [-0.4, -0.2) is 17.9 Å². The third-order valence-electron chi connectivity index (χ3n) is 1.28. The number of hydrogen-bond donors (Lipinski definition) is 0. The molecule has 0 aromatic carbocycles. The molecule has 0 bridgehead atoms. The summed E-state index contributed by atoms with van der Waals surface area (Å²) in [5.41, 5.74) is 0. The smallest absolute Gasteiger partial charge is 0.223 e. The van der Waals surface area contributed by atoms with Crippen molar-refractivity contribution < 1.29 is 4.79 Å². The Hall–Kier alpha value is -0.790. The lowest BCUT2D eigenvalue weighted by Gasteiger charge is -2.06. The highest BCUT2D eigenvalue weighted by atomic mass is 16.2. The standard InChI is InChI=1S/C8H15NO.C2H6/c1-4-5-6-7-9(3)8(2)10;1-2/h6-7H,4-5H2,1-3H3;1-2H3/b7-6-;. The molecule has 0 heterocycles. The second-order valence-corrected chi connectivity index (χ2v) is 2.30. The number of allylic oxidation sites excluding steroid dienone is 1. The van der Waals surface area contributed by atoms with Gasteiger partial charge in [-0.1, -0.05) is 33.3 Å². The molecule has 0 fully saturated rings. The van der Waals surface area contributed by atoms with Crippen molar-refractivity contribution in [2.24, 2.45) is 0 Å². The first-order valence-corrected chi connectivity index (χ1v) is 4.58. The first kappa shape index (κ1) is 13.8. The quantitative estimate of drug-likeness (QED) is 0.639. The van der Waals surface area contributed by atoms with Crippen molar-refractivity contribution in [3.05, 3.63) is 12.3 Å². The summed E-state index contributed by atoms with van der Waals surface area (Å²) in [6.45, 7) is 7.66. The van der Waals surface area contributed by atoms with Gasteiger partial charge in [0, 0.05) is 20.2 Å². The van der Waals surface area contributed by atoms with E-state index in [9.17, 15) is 4.79 Å². The molecule has 72 valence electrons. The molecule has 0 aliphatic carbocycles. The van der Waals surface area contributed by atoms with Crippen molar-refractivity contribution in [1.29, 1.82) is 0 Å². The molecule has 0 aromatic rings. The van der Waals surface area contributed by atoms with Crippen LogP contribution in [0.2, 0.25) is 0 Å². The fourth-order valence-electron chi connectivity index (χ4n) is 0.504. The van der Waals surface area contributed by atoms with Crippen LogP contribution in [0.25, 0.3) is 0 Å². The van der Waals surface area contributed by atoms with E-state index in [2.05, 4.69) is 6.92 Å². The van der Waals surface area contributed by atoms with Gasteiger partial charge < -0.3 is 4.90 Å². The largest absolute Gasteiger partial charge is 0.323 e. The van der Waals surface area contributed by atoms with Gasteiger partial charge >= 0.3 is 0 Å². The lowest BCUT2D eigenvalue weighted by Crippen LogP contribution is -2.16. The fourth-order valence-corrected chi connectivity index (χ4v) is 0.504. The minimum atomic E-state index is 0.0763. The highest BCUT2D eigenvalue weighted by molar-refractivity contribution is 5.73. The SMILES string of the molecule is CC.CCC/C=C\N(C)C(C)=O. The van der Waals surface area contributed by atoms with E-state index < -0.39 is 0 Å². The number of amides is 1. The normalized spacial score (nSPS) is 9.08. The van der Waals surface area contributed by atoms with E-state index in [1.807, 2.05) is 26.1 Å². The second kappa shape index (κ2) is 10.2. The fraction of sp³-hybridized carbons (Fsp3) is 0.700. The van der Waals surface area contributed by atoms with Crippen LogP contribution in [-0.2, 0) is 4.79 Å². The van der Waals surface area contributed by atoms with Gasteiger partial charge in [0.05, 0.1) is 0 Å². The van der Waals surface area contributed by atoms with E-state index >= 15 is 0 Å². The summed E-state index contributed by atoms with van der Waals surface area (Å²) in [4.78, 5) is 12.2. The van der Waals surface area contributed by atoms with Crippen molar-refractivity contribution in [2.45, 2.75) is 40.5 Å². The zero-order chi connectivity index (χ0) is 9.98. The molecule has 2 heteroatoms. The number of unbranched alkanes of at least 4 members (excludes halogenated alkanes) is 1. The number of hydrogen-bond acceptors (Lipinski definition) is 1. The average Bonchev–Trinajstić information content (AvgIpc) is 2.08. The number of carbonyl (C=O) groups is 1. The van der Waals surface area contributed by atoms with E-state index in [0.717, 1.165) is 12.8 Å². The van der Waals surface area contributed by atoms with Gasteiger partial charge in [-0.15, -0.1) is 0 Å². The lowest BCUT2D eigenvalue weighted by molar-refractivity contribution is -0.125.